The second-order valence-electron chi connectivity index (χ2n) is 8.18. The zero-order valence-corrected chi connectivity index (χ0v) is 17.8. The highest BCUT2D eigenvalue weighted by atomic mass is 35.5. The van der Waals surface area contributed by atoms with Crippen molar-refractivity contribution in [1.82, 2.24) is 9.47 Å². The molecule has 0 aliphatic carbocycles. The average molecular weight is 441 g/mol. The van der Waals surface area contributed by atoms with Gasteiger partial charge in [-0.15, -0.1) is 0 Å². The Hall–Kier alpha value is -2.83. The van der Waals surface area contributed by atoms with Crippen molar-refractivity contribution in [3.8, 4) is 0 Å². The number of hydrogen-bond donors (Lipinski definition) is 2. The van der Waals surface area contributed by atoms with Gasteiger partial charge in [0.15, 0.2) is 0 Å². The first kappa shape index (κ1) is 21.4. The summed E-state index contributed by atoms with van der Waals surface area (Å²) in [6.45, 7) is 1.13. The second-order valence-corrected chi connectivity index (χ2v) is 8.61. The number of fused-ring (bicyclic) bond motifs is 1. The van der Waals surface area contributed by atoms with Crippen molar-refractivity contribution in [2.45, 2.75) is 31.8 Å². The molecule has 1 aliphatic heterocycles. The molecule has 0 spiro atoms. The van der Waals surface area contributed by atoms with Crippen LogP contribution in [-0.2, 0) is 22.6 Å². The first-order valence-electron chi connectivity index (χ1n) is 10.4. The lowest BCUT2D eigenvalue weighted by atomic mass is 9.89. The van der Waals surface area contributed by atoms with E-state index in [1.165, 1.54) is 5.56 Å². The Morgan fingerprint density at radius 3 is 2.42 bits per heavy atom. The summed E-state index contributed by atoms with van der Waals surface area (Å²) in [6.07, 6.45) is 4.52. The molecule has 2 N–H and O–H groups in total. The van der Waals surface area contributed by atoms with Crippen LogP contribution in [0.4, 0.5) is 0 Å². The molecule has 1 atom stereocenters. The number of halogens is 1. The summed E-state index contributed by atoms with van der Waals surface area (Å²) < 4.78 is 1.57. The molecule has 6 nitrogen and oxygen atoms in total. The number of benzene rings is 2. The first-order valence-corrected chi connectivity index (χ1v) is 10.8. The molecule has 31 heavy (non-hydrogen) atoms. The van der Waals surface area contributed by atoms with E-state index in [1.807, 2.05) is 23.1 Å². The van der Waals surface area contributed by atoms with Gasteiger partial charge in [0.25, 0.3) is 0 Å². The number of likely N-dealkylation sites (tertiary alicyclic amines) is 1. The van der Waals surface area contributed by atoms with Crippen LogP contribution >= 0.6 is 11.6 Å². The quantitative estimate of drug-likeness (QED) is 0.566. The van der Waals surface area contributed by atoms with Gasteiger partial charge in [-0.1, -0.05) is 48.0 Å². The van der Waals surface area contributed by atoms with Gasteiger partial charge in [-0.2, -0.15) is 0 Å². The van der Waals surface area contributed by atoms with E-state index in [0.717, 1.165) is 24.6 Å². The monoisotopic (exact) mass is 440 g/mol. The van der Waals surface area contributed by atoms with Crippen LogP contribution in [0.2, 0.25) is 5.02 Å². The number of aliphatic carboxylic acids is 2. The van der Waals surface area contributed by atoms with Crippen LogP contribution in [0.25, 0.3) is 10.9 Å². The SMILES string of the molecule is O=C(O)Cn1cc([C@H](C(=O)O)N2CCC(Cc3ccccc3)CC2)c2ccc(Cl)cc21. The Kier molecular flexibility index (Phi) is 6.30. The Labute approximate surface area is 185 Å². The van der Waals surface area contributed by atoms with Gasteiger partial charge in [0.1, 0.15) is 12.6 Å². The maximum absolute atomic E-state index is 12.3. The number of aromatic nitrogens is 1. The molecule has 1 fully saturated rings. The first-order chi connectivity index (χ1) is 14.9. The Morgan fingerprint density at radius 2 is 1.77 bits per heavy atom. The van der Waals surface area contributed by atoms with Crippen LogP contribution in [-0.4, -0.2) is 44.7 Å². The zero-order valence-electron chi connectivity index (χ0n) is 17.1. The molecule has 7 heteroatoms. The van der Waals surface area contributed by atoms with Gasteiger partial charge in [0, 0.05) is 22.2 Å². The predicted molar refractivity (Wildman–Crippen MR) is 119 cm³/mol. The molecule has 2 aromatic carbocycles. The number of hydrogen-bond acceptors (Lipinski definition) is 3. The lowest BCUT2D eigenvalue weighted by molar-refractivity contribution is -0.144. The van der Waals surface area contributed by atoms with Crippen LogP contribution < -0.4 is 0 Å². The van der Waals surface area contributed by atoms with Crippen molar-refractivity contribution in [3.63, 3.8) is 0 Å². The maximum Gasteiger partial charge on any atom is 0.325 e. The van der Waals surface area contributed by atoms with Crippen molar-refractivity contribution in [3.05, 3.63) is 70.9 Å². The van der Waals surface area contributed by atoms with Gasteiger partial charge in [-0.05, 0) is 56.0 Å². The molecule has 0 radical (unpaired) electrons. The molecule has 1 aromatic heterocycles. The third-order valence-corrected chi connectivity index (χ3v) is 6.33. The van der Waals surface area contributed by atoms with Crippen molar-refractivity contribution >= 4 is 34.4 Å². The highest BCUT2D eigenvalue weighted by molar-refractivity contribution is 6.31. The summed E-state index contributed by atoms with van der Waals surface area (Å²) in [7, 11) is 0. The van der Waals surface area contributed by atoms with E-state index in [2.05, 4.69) is 12.1 Å². The summed E-state index contributed by atoms with van der Waals surface area (Å²) >= 11 is 6.12. The molecule has 1 saturated heterocycles. The fourth-order valence-corrected chi connectivity index (χ4v) is 4.80. The number of carboxylic acid groups (broad SMARTS) is 2. The number of piperidine rings is 1. The summed E-state index contributed by atoms with van der Waals surface area (Å²) in [5, 5.41) is 20.6. The van der Waals surface area contributed by atoms with E-state index in [1.54, 1.807) is 29.0 Å². The highest BCUT2D eigenvalue weighted by Crippen LogP contribution is 2.35. The fourth-order valence-electron chi connectivity index (χ4n) is 4.64. The van der Waals surface area contributed by atoms with E-state index in [0.29, 0.717) is 35.1 Å². The molecular formula is C24H25ClN2O4. The molecule has 4 rings (SSSR count). The minimum absolute atomic E-state index is 0.248. The van der Waals surface area contributed by atoms with Gasteiger partial charge in [0.05, 0.1) is 5.52 Å². The zero-order chi connectivity index (χ0) is 22.0. The standard InChI is InChI=1S/C24H25ClN2O4/c25-18-6-7-19-20(14-27(15-22(28)29)21(19)13-18)23(24(30)31)26-10-8-17(9-11-26)12-16-4-2-1-3-5-16/h1-7,13-14,17,23H,8-12,15H2,(H,28,29)(H,30,31)/t23-/m1/s1. The van der Waals surface area contributed by atoms with Crippen LogP contribution in [0.15, 0.2) is 54.7 Å². The van der Waals surface area contributed by atoms with E-state index < -0.39 is 18.0 Å². The third kappa shape index (κ3) is 4.75. The third-order valence-electron chi connectivity index (χ3n) is 6.09. The molecule has 3 aromatic rings. The van der Waals surface area contributed by atoms with Crippen LogP contribution in [0.3, 0.4) is 0 Å². The number of rotatable bonds is 7. The van der Waals surface area contributed by atoms with Gasteiger partial charge in [-0.3, -0.25) is 14.5 Å². The van der Waals surface area contributed by atoms with Gasteiger partial charge in [0.2, 0.25) is 0 Å². The molecule has 0 bridgehead atoms. The maximum atomic E-state index is 12.3. The van der Waals surface area contributed by atoms with E-state index >= 15 is 0 Å². The number of nitrogens with zero attached hydrogens (tertiary/aromatic N) is 2. The van der Waals surface area contributed by atoms with Crippen molar-refractivity contribution in [1.29, 1.82) is 0 Å². The van der Waals surface area contributed by atoms with Crippen molar-refractivity contribution in [2.24, 2.45) is 5.92 Å². The molecule has 162 valence electrons. The normalized spacial score (nSPS) is 16.4. The molecular weight excluding hydrogens is 416 g/mol. The number of carbonyl (C=O) groups is 2. The summed E-state index contributed by atoms with van der Waals surface area (Å²) in [6, 6.07) is 14.7. The summed E-state index contributed by atoms with van der Waals surface area (Å²) in [5.41, 5.74) is 2.56. The predicted octanol–water partition coefficient (Wildman–Crippen LogP) is 4.46. The molecule has 0 saturated carbocycles. The Morgan fingerprint density at radius 1 is 1.06 bits per heavy atom. The lowest BCUT2D eigenvalue weighted by Gasteiger charge is -2.35. The smallest absolute Gasteiger partial charge is 0.325 e. The lowest BCUT2D eigenvalue weighted by Crippen LogP contribution is -2.40. The van der Waals surface area contributed by atoms with Crippen molar-refractivity contribution in [2.75, 3.05) is 13.1 Å². The van der Waals surface area contributed by atoms with Crippen LogP contribution in [0.5, 0.6) is 0 Å². The minimum Gasteiger partial charge on any atom is -0.480 e. The molecule has 2 heterocycles. The minimum atomic E-state index is -0.989. The average Bonchev–Trinajstić information content (AvgIpc) is 3.06. The van der Waals surface area contributed by atoms with Crippen LogP contribution in [0.1, 0.15) is 30.0 Å². The van der Waals surface area contributed by atoms with Gasteiger partial charge < -0.3 is 14.8 Å². The van der Waals surface area contributed by atoms with Gasteiger partial charge in [-0.25, -0.2) is 0 Å². The summed E-state index contributed by atoms with van der Waals surface area (Å²) in [4.78, 5) is 25.6. The topological polar surface area (TPSA) is 82.8 Å². The molecule has 0 unspecified atom stereocenters. The van der Waals surface area contributed by atoms with E-state index in [-0.39, 0.29) is 6.54 Å². The van der Waals surface area contributed by atoms with Crippen LogP contribution in [0, 0.1) is 5.92 Å². The van der Waals surface area contributed by atoms with E-state index in [9.17, 15) is 19.8 Å². The Balaban J connectivity index is 1.58. The number of carboxylic acids is 2. The molecule has 1 aliphatic rings. The highest BCUT2D eigenvalue weighted by Gasteiger charge is 2.33. The van der Waals surface area contributed by atoms with Gasteiger partial charge >= 0.3 is 11.9 Å². The molecule has 0 amide bonds. The van der Waals surface area contributed by atoms with Crippen molar-refractivity contribution < 1.29 is 19.8 Å². The summed E-state index contributed by atoms with van der Waals surface area (Å²) in [5.74, 6) is -1.39. The Bertz CT molecular complexity index is 1090. The van der Waals surface area contributed by atoms with E-state index in [4.69, 9.17) is 11.6 Å². The largest absolute Gasteiger partial charge is 0.480 e. The second kappa shape index (κ2) is 9.12. The fraction of sp³-hybridized carbons (Fsp3) is 0.333.